The molecule has 0 amide bonds. The van der Waals surface area contributed by atoms with Gasteiger partial charge in [0.15, 0.2) is 0 Å². The third-order valence-electron chi connectivity index (χ3n) is 3.01. The van der Waals surface area contributed by atoms with Crippen molar-refractivity contribution in [1.29, 1.82) is 0 Å². The monoisotopic (exact) mass is 170 g/mol. The first-order valence-electron chi connectivity index (χ1n) is 5.00. The van der Waals surface area contributed by atoms with Gasteiger partial charge in [0.2, 0.25) is 0 Å². The van der Waals surface area contributed by atoms with E-state index in [1.165, 1.54) is 32.5 Å². The van der Waals surface area contributed by atoms with Crippen molar-refractivity contribution in [2.24, 2.45) is 5.92 Å². The first-order chi connectivity index (χ1) is 5.90. The van der Waals surface area contributed by atoms with Crippen molar-refractivity contribution >= 4 is 0 Å². The van der Waals surface area contributed by atoms with Gasteiger partial charge in [-0.1, -0.05) is 0 Å². The normalized spacial score (nSPS) is 40.2. The fourth-order valence-corrected chi connectivity index (χ4v) is 2.30. The van der Waals surface area contributed by atoms with Crippen molar-refractivity contribution in [3.8, 4) is 0 Å². The fraction of sp³-hybridized carbons (Fsp3) is 1.00. The molecular weight excluding hydrogens is 152 g/mol. The molecule has 2 rings (SSSR count). The highest BCUT2D eigenvalue weighted by atomic mass is 16.6. The molecule has 2 heterocycles. The Labute approximate surface area is 74.0 Å². The smallest absolute Gasteiger partial charge is 0.0654 e. The van der Waals surface area contributed by atoms with Gasteiger partial charge >= 0.3 is 0 Å². The maximum atomic E-state index is 5.26. The first-order valence-corrected chi connectivity index (χ1v) is 5.00. The third-order valence-corrected chi connectivity index (χ3v) is 3.01. The Bertz CT molecular complexity index is 151. The molecule has 0 aromatic heterocycles. The SMILES string of the molecule is CCONC1CCN2CCC1C2. The molecule has 3 atom stereocenters. The van der Waals surface area contributed by atoms with Crippen molar-refractivity contribution in [2.75, 3.05) is 26.2 Å². The Balaban J connectivity index is 1.81. The van der Waals surface area contributed by atoms with Gasteiger partial charge in [0.25, 0.3) is 0 Å². The fourth-order valence-electron chi connectivity index (χ4n) is 2.30. The molecule has 3 heteroatoms. The molecule has 0 aromatic rings. The zero-order valence-electron chi connectivity index (χ0n) is 7.75. The molecule has 2 bridgehead atoms. The second kappa shape index (κ2) is 3.73. The van der Waals surface area contributed by atoms with Crippen LogP contribution in [-0.2, 0) is 4.84 Å². The van der Waals surface area contributed by atoms with Crippen LogP contribution < -0.4 is 5.48 Å². The standard InChI is InChI=1S/C9H18N2O/c1-2-12-10-9-4-6-11-5-3-8(9)7-11/h8-10H,2-7H2,1H3. The van der Waals surface area contributed by atoms with E-state index >= 15 is 0 Å². The molecule has 2 aliphatic heterocycles. The van der Waals surface area contributed by atoms with Crippen LogP contribution in [0, 0.1) is 5.92 Å². The summed E-state index contributed by atoms with van der Waals surface area (Å²) in [5.74, 6) is 0.838. The number of nitrogens with one attached hydrogen (secondary N) is 1. The van der Waals surface area contributed by atoms with Gasteiger partial charge in [-0.15, -0.1) is 0 Å². The van der Waals surface area contributed by atoms with Gasteiger partial charge in [-0.3, -0.25) is 0 Å². The Morgan fingerprint density at radius 3 is 3.08 bits per heavy atom. The zero-order valence-corrected chi connectivity index (χ0v) is 7.75. The topological polar surface area (TPSA) is 24.5 Å². The van der Waals surface area contributed by atoms with Crippen molar-refractivity contribution in [2.45, 2.75) is 25.8 Å². The van der Waals surface area contributed by atoms with Gasteiger partial charge in [-0.2, -0.15) is 5.48 Å². The summed E-state index contributed by atoms with van der Waals surface area (Å²) in [6.07, 6.45) is 2.61. The number of hydrogen-bond acceptors (Lipinski definition) is 3. The summed E-state index contributed by atoms with van der Waals surface area (Å²) in [4.78, 5) is 7.81. The summed E-state index contributed by atoms with van der Waals surface area (Å²) >= 11 is 0. The Kier molecular flexibility index (Phi) is 2.63. The molecule has 12 heavy (non-hydrogen) atoms. The van der Waals surface area contributed by atoms with Crippen LogP contribution in [-0.4, -0.2) is 37.2 Å². The quantitative estimate of drug-likeness (QED) is 0.628. The van der Waals surface area contributed by atoms with Crippen LogP contribution in [0.2, 0.25) is 0 Å². The highest BCUT2D eigenvalue weighted by molar-refractivity contribution is 4.89. The van der Waals surface area contributed by atoms with Crippen LogP contribution in [0.15, 0.2) is 0 Å². The lowest BCUT2D eigenvalue weighted by Crippen LogP contribution is -2.43. The predicted octanol–water partition coefficient (Wildman–Crippen LogP) is 0.622. The highest BCUT2D eigenvalue weighted by Gasteiger charge is 2.34. The second-order valence-electron chi connectivity index (χ2n) is 3.80. The number of rotatable bonds is 3. The molecule has 0 aliphatic carbocycles. The largest absolute Gasteiger partial charge is 0.303 e. The average molecular weight is 170 g/mol. The van der Waals surface area contributed by atoms with Crippen LogP contribution in [0.1, 0.15) is 19.8 Å². The summed E-state index contributed by atoms with van der Waals surface area (Å²) in [7, 11) is 0. The van der Waals surface area contributed by atoms with Crippen molar-refractivity contribution in [3.63, 3.8) is 0 Å². The third kappa shape index (κ3) is 1.63. The van der Waals surface area contributed by atoms with Crippen molar-refractivity contribution in [1.82, 2.24) is 10.4 Å². The van der Waals surface area contributed by atoms with E-state index in [0.717, 1.165) is 12.5 Å². The van der Waals surface area contributed by atoms with E-state index in [4.69, 9.17) is 4.84 Å². The van der Waals surface area contributed by atoms with E-state index in [0.29, 0.717) is 6.04 Å². The van der Waals surface area contributed by atoms with Crippen LogP contribution in [0.3, 0.4) is 0 Å². The molecule has 0 radical (unpaired) electrons. The summed E-state index contributed by atoms with van der Waals surface area (Å²) < 4.78 is 0. The van der Waals surface area contributed by atoms with E-state index in [2.05, 4.69) is 10.4 Å². The Hall–Kier alpha value is -0.120. The average Bonchev–Trinajstić information content (AvgIpc) is 2.48. The van der Waals surface area contributed by atoms with Crippen molar-refractivity contribution in [3.05, 3.63) is 0 Å². The number of piperidine rings is 1. The molecule has 1 N–H and O–H groups in total. The second-order valence-corrected chi connectivity index (χ2v) is 3.80. The molecule has 3 unspecified atom stereocenters. The molecule has 0 aromatic carbocycles. The minimum atomic E-state index is 0.615. The predicted molar refractivity (Wildman–Crippen MR) is 47.7 cm³/mol. The zero-order chi connectivity index (χ0) is 8.39. The number of hydrogen-bond donors (Lipinski definition) is 1. The molecule has 3 nitrogen and oxygen atoms in total. The maximum absolute atomic E-state index is 5.26. The van der Waals surface area contributed by atoms with Gasteiger partial charge in [0, 0.05) is 12.6 Å². The summed E-state index contributed by atoms with van der Waals surface area (Å²) in [6.45, 7) is 6.63. The lowest BCUT2D eigenvalue weighted by molar-refractivity contribution is -0.000996. The molecule has 2 aliphatic rings. The van der Waals surface area contributed by atoms with Gasteiger partial charge in [0.05, 0.1) is 6.61 Å². The minimum Gasteiger partial charge on any atom is -0.303 e. The lowest BCUT2D eigenvalue weighted by atomic mass is 9.95. The van der Waals surface area contributed by atoms with Gasteiger partial charge < -0.3 is 9.74 Å². The Morgan fingerprint density at radius 1 is 1.42 bits per heavy atom. The molecule has 2 fully saturated rings. The van der Waals surface area contributed by atoms with E-state index < -0.39 is 0 Å². The van der Waals surface area contributed by atoms with E-state index in [1.54, 1.807) is 0 Å². The number of hydroxylamine groups is 1. The minimum absolute atomic E-state index is 0.615. The Morgan fingerprint density at radius 2 is 2.25 bits per heavy atom. The van der Waals surface area contributed by atoms with Crippen LogP contribution >= 0.6 is 0 Å². The van der Waals surface area contributed by atoms with E-state index in [9.17, 15) is 0 Å². The summed E-state index contributed by atoms with van der Waals surface area (Å²) in [5, 5.41) is 0. The number of fused-ring (bicyclic) bond motifs is 2. The first kappa shape index (κ1) is 8.48. The van der Waals surface area contributed by atoms with Crippen LogP contribution in [0.25, 0.3) is 0 Å². The number of nitrogens with zero attached hydrogens (tertiary/aromatic N) is 1. The molecule has 0 saturated carbocycles. The lowest BCUT2D eigenvalue weighted by Gasteiger charge is -2.30. The van der Waals surface area contributed by atoms with Crippen molar-refractivity contribution < 1.29 is 4.84 Å². The van der Waals surface area contributed by atoms with E-state index in [-0.39, 0.29) is 0 Å². The van der Waals surface area contributed by atoms with Crippen LogP contribution in [0.5, 0.6) is 0 Å². The van der Waals surface area contributed by atoms with Gasteiger partial charge in [0.1, 0.15) is 0 Å². The van der Waals surface area contributed by atoms with Gasteiger partial charge in [-0.05, 0) is 38.8 Å². The van der Waals surface area contributed by atoms with E-state index in [1.807, 2.05) is 6.92 Å². The molecule has 70 valence electrons. The van der Waals surface area contributed by atoms with Gasteiger partial charge in [-0.25, -0.2) is 0 Å². The molecule has 2 saturated heterocycles. The highest BCUT2D eigenvalue weighted by Crippen LogP contribution is 2.26. The molecule has 0 spiro atoms. The van der Waals surface area contributed by atoms with Crippen LogP contribution in [0.4, 0.5) is 0 Å². The molecular formula is C9H18N2O. The summed E-state index contributed by atoms with van der Waals surface area (Å²) in [5.41, 5.74) is 3.17. The maximum Gasteiger partial charge on any atom is 0.0654 e. The summed E-state index contributed by atoms with van der Waals surface area (Å²) in [6, 6.07) is 0.615.